The molecule has 0 aromatic carbocycles. The molecular formula is C16H30O2. The SMILES string of the molecule is CC(O)C1C(C)(O)CCC2C(C)(C)CCCC21C. The number of aliphatic hydroxyl groups excluding tert-OH is 1. The van der Waals surface area contributed by atoms with Crippen LogP contribution in [0, 0.1) is 22.7 Å². The minimum absolute atomic E-state index is 0.00308. The zero-order valence-corrected chi connectivity index (χ0v) is 12.7. The van der Waals surface area contributed by atoms with E-state index in [-0.39, 0.29) is 11.3 Å². The van der Waals surface area contributed by atoms with E-state index in [0.717, 1.165) is 19.3 Å². The summed E-state index contributed by atoms with van der Waals surface area (Å²) >= 11 is 0. The van der Waals surface area contributed by atoms with Crippen LogP contribution in [0.5, 0.6) is 0 Å². The van der Waals surface area contributed by atoms with Crippen LogP contribution in [0.3, 0.4) is 0 Å². The number of rotatable bonds is 1. The fraction of sp³-hybridized carbons (Fsp3) is 1.00. The van der Waals surface area contributed by atoms with Crippen molar-refractivity contribution in [3.63, 3.8) is 0 Å². The molecule has 18 heavy (non-hydrogen) atoms. The first-order chi connectivity index (χ1) is 8.11. The highest BCUT2D eigenvalue weighted by atomic mass is 16.3. The Bertz CT molecular complexity index is 319. The zero-order valence-electron chi connectivity index (χ0n) is 12.7. The highest BCUT2D eigenvalue weighted by Gasteiger charge is 2.59. The maximum atomic E-state index is 10.7. The summed E-state index contributed by atoms with van der Waals surface area (Å²) in [5.74, 6) is 0.627. The quantitative estimate of drug-likeness (QED) is 0.753. The van der Waals surface area contributed by atoms with Crippen LogP contribution in [0.4, 0.5) is 0 Å². The van der Waals surface area contributed by atoms with Gasteiger partial charge in [0.15, 0.2) is 0 Å². The molecule has 0 bridgehead atoms. The largest absolute Gasteiger partial charge is 0.393 e. The minimum atomic E-state index is -0.715. The van der Waals surface area contributed by atoms with Crippen LogP contribution in [0.25, 0.3) is 0 Å². The third-order valence-corrected chi connectivity index (χ3v) is 6.08. The highest BCUT2D eigenvalue weighted by Crippen LogP contribution is 2.62. The summed E-state index contributed by atoms with van der Waals surface area (Å²) in [6.07, 6.45) is 5.14. The Labute approximate surface area is 112 Å². The maximum Gasteiger partial charge on any atom is 0.0677 e. The molecule has 0 spiro atoms. The van der Waals surface area contributed by atoms with Gasteiger partial charge in [-0.3, -0.25) is 0 Å². The topological polar surface area (TPSA) is 40.5 Å². The van der Waals surface area contributed by atoms with Gasteiger partial charge in [0, 0.05) is 5.92 Å². The van der Waals surface area contributed by atoms with Crippen LogP contribution >= 0.6 is 0 Å². The Kier molecular flexibility index (Phi) is 3.35. The normalized spacial score (nSPS) is 49.5. The summed E-state index contributed by atoms with van der Waals surface area (Å²) in [4.78, 5) is 0. The van der Waals surface area contributed by atoms with Gasteiger partial charge < -0.3 is 10.2 Å². The Hall–Kier alpha value is -0.0800. The molecule has 2 nitrogen and oxygen atoms in total. The molecule has 2 aliphatic rings. The molecule has 0 saturated heterocycles. The van der Waals surface area contributed by atoms with E-state index < -0.39 is 11.7 Å². The van der Waals surface area contributed by atoms with Crippen LogP contribution in [0.1, 0.15) is 66.7 Å². The van der Waals surface area contributed by atoms with Crippen molar-refractivity contribution in [2.45, 2.75) is 78.4 Å². The van der Waals surface area contributed by atoms with Gasteiger partial charge in [-0.25, -0.2) is 0 Å². The summed E-state index contributed by atoms with van der Waals surface area (Å²) in [6.45, 7) is 10.8. The average Bonchev–Trinajstić information content (AvgIpc) is 2.12. The van der Waals surface area contributed by atoms with Gasteiger partial charge in [0.25, 0.3) is 0 Å². The summed E-state index contributed by atoms with van der Waals surface area (Å²) in [7, 11) is 0. The smallest absolute Gasteiger partial charge is 0.0677 e. The molecule has 2 aliphatic carbocycles. The van der Waals surface area contributed by atoms with Crippen molar-refractivity contribution >= 4 is 0 Å². The Balaban J connectivity index is 2.42. The molecule has 0 heterocycles. The first-order valence-electron chi connectivity index (χ1n) is 7.52. The lowest BCUT2D eigenvalue weighted by Gasteiger charge is -2.61. The monoisotopic (exact) mass is 254 g/mol. The minimum Gasteiger partial charge on any atom is -0.393 e. The molecule has 106 valence electrons. The molecular weight excluding hydrogens is 224 g/mol. The Morgan fingerprint density at radius 2 is 1.67 bits per heavy atom. The summed E-state index contributed by atoms with van der Waals surface area (Å²) in [5, 5.41) is 20.9. The van der Waals surface area contributed by atoms with Crippen LogP contribution in [0.15, 0.2) is 0 Å². The highest BCUT2D eigenvalue weighted by molar-refractivity contribution is 5.08. The van der Waals surface area contributed by atoms with Crippen molar-refractivity contribution in [2.24, 2.45) is 22.7 Å². The van der Waals surface area contributed by atoms with Crippen molar-refractivity contribution in [3.8, 4) is 0 Å². The zero-order chi connectivity index (χ0) is 13.8. The summed E-state index contributed by atoms with van der Waals surface area (Å²) < 4.78 is 0. The van der Waals surface area contributed by atoms with Gasteiger partial charge in [-0.15, -0.1) is 0 Å². The second kappa shape index (κ2) is 4.21. The number of fused-ring (bicyclic) bond motifs is 1. The van der Waals surface area contributed by atoms with Gasteiger partial charge in [-0.05, 0) is 56.3 Å². The predicted molar refractivity (Wildman–Crippen MR) is 74.3 cm³/mol. The number of hydrogen-bond donors (Lipinski definition) is 2. The first-order valence-corrected chi connectivity index (χ1v) is 7.52. The molecule has 5 atom stereocenters. The fourth-order valence-electron chi connectivity index (χ4n) is 5.63. The Morgan fingerprint density at radius 1 is 1.06 bits per heavy atom. The van der Waals surface area contributed by atoms with Crippen LogP contribution in [0.2, 0.25) is 0 Å². The van der Waals surface area contributed by atoms with Crippen LogP contribution < -0.4 is 0 Å². The van der Waals surface area contributed by atoms with E-state index in [2.05, 4.69) is 20.8 Å². The third-order valence-electron chi connectivity index (χ3n) is 6.08. The van der Waals surface area contributed by atoms with E-state index in [1.165, 1.54) is 12.8 Å². The number of aliphatic hydroxyl groups is 2. The summed E-state index contributed by atoms with van der Waals surface area (Å²) in [5.41, 5.74) is -0.291. The molecule has 0 radical (unpaired) electrons. The molecule has 2 saturated carbocycles. The van der Waals surface area contributed by atoms with Crippen molar-refractivity contribution in [1.82, 2.24) is 0 Å². The lowest BCUT2D eigenvalue weighted by Crippen LogP contribution is -2.60. The van der Waals surface area contributed by atoms with Crippen molar-refractivity contribution < 1.29 is 10.2 Å². The van der Waals surface area contributed by atoms with Crippen molar-refractivity contribution in [2.75, 3.05) is 0 Å². The van der Waals surface area contributed by atoms with Gasteiger partial charge in [-0.2, -0.15) is 0 Å². The van der Waals surface area contributed by atoms with Crippen molar-refractivity contribution in [1.29, 1.82) is 0 Å². The van der Waals surface area contributed by atoms with Crippen molar-refractivity contribution in [3.05, 3.63) is 0 Å². The molecule has 2 rings (SSSR count). The van der Waals surface area contributed by atoms with E-state index in [1.807, 2.05) is 13.8 Å². The maximum absolute atomic E-state index is 10.7. The lowest BCUT2D eigenvalue weighted by molar-refractivity contribution is -0.196. The van der Waals surface area contributed by atoms with E-state index in [4.69, 9.17) is 0 Å². The van der Waals surface area contributed by atoms with Gasteiger partial charge in [-0.1, -0.05) is 27.2 Å². The second-order valence-corrected chi connectivity index (χ2v) is 8.01. The molecule has 2 fully saturated rings. The molecule has 0 aliphatic heterocycles. The second-order valence-electron chi connectivity index (χ2n) is 8.01. The predicted octanol–water partition coefficient (Wildman–Crippen LogP) is 3.36. The van der Waals surface area contributed by atoms with Gasteiger partial charge >= 0.3 is 0 Å². The average molecular weight is 254 g/mol. The standard InChI is InChI=1S/C16H30O2/c1-11(17)13-15(4)9-6-8-14(2,3)12(15)7-10-16(13,5)18/h11-13,17-18H,6-10H2,1-5H3. The first kappa shape index (κ1) is 14.3. The lowest BCUT2D eigenvalue weighted by atomic mass is 9.45. The molecule has 0 amide bonds. The van der Waals surface area contributed by atoms with E-state index in [1.54, 1.807) is 0 Å². The van der Waals surface area contributed by atoms with Gasteiger partial charge in [0.1, 0.15) is 0 Å². The molecule has 5 unspecified atom stereocenters. The van der Waals surface area contributed by atoms with Gasteiger partial charge in [0.2, 0.25) is 0 Å². The van der Waals surface area contributed by atoms with Gasteiger partial charge in [0.05, 0.1) is 11.7 Å². The molecule has 0 aromatic heterocycles. The number of hydrogen-bond acceptors (Lipinski definition) is 2. The van der Waals surface area contributed by atoms with Crippen LogP contribution in [-0.2, 0) is 0 Å². The fourth-order valence-corrected chi connectivity index (χ4v) is 5.63. The molecule has 2 heteroatoms. The molecule has 2 N–H and O–H groups in total. The van der Waals surface area contributed by atoms with Crippen LogP contribution in [-0.4, -0.2) is 21.9 Å². The van der Waals surface area contributed by atoms with E-state index in [9.17, 15) is 10.2 Å². The molecule has 0 aromatic rings. The van der Waals surface area contributed by atoms with E-state index >= 15 is 0 Å². The summed E-state index contributed by atoms with van der Waals surface area (Å²) in [6, 6.07) is 0. The third kappa shape index (κ3) is 2.02. The van der Waals surface area contributed by atoms with E-state index in [0.29, 0.717) is 11.3 Å². The Morgan fingerprint density at radius 3 is 2.22 bits per heavy atom.